The van der Waals surface area contributed by atoms with Crippen LogP contribution in [0.2, 0.25) is 0 Å². The third-order valence-electron chi connectivity index (χ3n) is 2.65. The Bertz CT molecular complexity index is 663. The van der Waals surface area contributed by atoms with E-state index in [4.69, 9.17) is 4.74 Å². The molecular formula is C11H13N3O3S. The maximum absolute atomic E-state index is 12.3. The first-order valence-corrected chi connectivity index (χ1v) is 6.66. The van der Waals surface area contributed by atoms with Crippen molar-refractivity contribution in [1.82, 2.24) is 14.2 Å². The van der Waals surface area contributed by atoms with E-state index in [0.29, 0.717) is 11.3 Å². The SMILES string of the molecule is COc1cc(C)c(S(=O)(=O)n2cnnc2)cc1C. The van der Waals surface area contributed by atoms with Crippen LogP contribution in [0.4, 0.5) is 0 Å². The minimum atomic E-state index is -3.64. The van der Waals surface area contributed by atoms with E-state index < -0.39 is 10.0 Å². The molecule has 7 heteroatoms. The van der Waals surface area contributed by atoms with Gasteiger partial charge in [0.2, 0.25) is 0 Å². The molecule has 2 aromatic rings. The average Bonchev–Trinajstić information content (AvgIpc) is 2.85. The molecule has 0 aliphatic carbocycles. The number of rotatable bonds is 3. The molecule has 0 saturated carbocycles. The van der Waals surface area contributed by atoms with Gasteiger partial charge in [-0.25, -0.2) is 12.4 Å². The smallest absolute Gasteiger partial charge is 0.270 e. The second-order valence-electron chi connectivity index (χ2n) is 3.88. The molecule has 0 radical (unpaired) electrons. The van der Waals surface area contributed by atoms with Crippen molar-refractivity contribution in [2.24, 2.45) is 0 Å². The topological polar surface area (TPSA) is 74.1 Å². The minimum absolute atomic E-state index is 0.223. The van der Waals surface area contributed by atoms with Gasteiger partial charge in [0.25, 0.3) is 10.0 Å². The van der Waals surface area contributed by atoms with Crippen LogP contribution in [-0.4, -0.2) is 29.7 Å². The highest BCUT2D eigenvalue weighted by Gasteiger charge is 2.20. The summed E-state index contributed by atoms with van der Waals surface area (Å²) >= 11 is 0. The molecule has 6 nitrogen and oxygen atoms in total. The van der Waals surface area contributed by atoms with Gasteiger partial charge in [-0.2, -0.15) is 0 Å². The molecular weight excluding hydrogens is 254 g/mol. The van der Waals surface area contributed by atoms with E-state index >= 15 is 0 Å². The summed E-state index contributed by atoms with van der Waals surface area (Å²) in [6, 6.07) is 3.29. The molecule has 0 spiro atoms. The van der Waals surface area contributed by atoms with Gasteiger partial charge in [0.1, 0.15) is 18.4 Å². The molecule has 0 atom stereocenters. The molecule has 0 unspecified atom stereocenters. The number of aromatic nitrogens is 3. The van der Waals surface area contributed by atoms with E-state index in [0.717, 1.165) is 22.2 Å². The first-order chi connectivity index (χ1) is 8.46. The number of hydrogen-bond donors (Lipinski definition) is 0. The zero-order chi connectivity index (χ0) is 13.3. The molecule has 0 N–H and O–H groups in total. The summed E-state index contributed by atoms with van der Waals surface area (Å²) in [5, 5.41) is 7.02. The first kappa shape index (κ1) is 12.6. The molecule has 2 rings (SSSR count). The lowest BCUT2D eigenvalue weighted by Gasteiger charge is -2.11. The van der Waals surface area contributed by atoms with Gasteiger partial charge in [0.05, 0.1) is 12.0 Å². The molecule has 1 aromatic carbocycles. The van der Waals surface area contributed by atoms with Crippen LogP contribution < -0.4 is 4.74 Å². The van der Waals surface area contributed by atoms with E-state index in [9.17, 15) is 8.42 Å². The van der Waals surface area contributed by atoms with Crippen LogP contribution in [0.1, 0.15) is 11.1 Å². The Balaban J connectivity index is 2.63. The maximum atomic E-state index is 12.3. The average molecular weight is 267 g/mol. The standard InChI is InChI=1S/C11H13N3O3S/c1-8-5-11(9(2)4-10(8)17-3)18(15,16)14-6-12-13-7-14/h4-7H,1-3H3. The van der Waals surface area contributed by atoms with Gasteiger partial charge in [-0.1, -0.05) is 0 Å². The van der Waals surface area contributed by atoms with Crippen LogP contribution in [0.5, 0.6) is 5.75 Å². The maximum Gasteiger partial charge on any atom is 0.270 e. The fourth-order valence-electron chi connectivity index (χ4n) is 1.69. The van der Waals surface area contributed by atoms with Gasteiger partial charge in [0.15, 0.2) is 0 Å². The number of ether oxygens (including phenoxy) is 1. The van der Waals surface area contributed by atoms with Crippen molar-refractivity contribution >= 4 is 10.0 Å². The second kappa shape index (κ2) is 4.41. The predicted molar refractivity (Wildman–Crippen MR) is 65.1 cm³/mol. The molecule has 96 valence electrons. The van der Waals surface area contributed by atoms with Gasteiger partial charge in [-0.05, 0) is 37.1 Å². The van der Waals surface area contributed by atoms with E-state index in [1.165, 1.54) is 0 Å². The lowest BCUT2D eigenvalue weighted by atomic mass is 10.1. The van der Waals surface area contributed by atoms with Gasteiger partial charge in [-0.3, -0.25) is 0 Å². The largest absolute Gasteiger partial charge is 0.496 e. The summed E-state index contributed by atoms with van der Waals surface area (Å²) in [6.07, 6.45) is 2.32. The molecule has 0 fully saturated rings. The van der Waals surface area contributed by atoms with E-state index in [2.05, 4.69) is 10.2 Å². The lowest BCUT2D eigenvalue weighted by molar-refractivity contribution is 0.411. The molecule has 0 saturated heterocycles. The van der Waals surface area contributed by atoms with Crippen molar-refractivity contribution in [3.8, 4) is 5.75 Å². The molecule has 0 aliphatic rings. The third kappa shape index (κ3) is 1.97. The molecule has 1 aromatic heterocycles. The number of aryl methyl sites for hydroxylation is 2. The van der Waals surface area contributed by atoms with Crippen LogP contribution in [0.3, 0.4) is 0 Å². The van der Waals surface area contributed by atoms with Crippen molar-refractivity contribution in [1.29, 1.82) is 0 Å². The summed E-state index contributed by atoms with van der Waals surface area (Å²) in [4.78, 5) is 0.223. The Morgan fingerprint density at radius 2 is 1.72 bits per heavy atom. The van der Waals surface area contributed by atoms with Crippen molar-refractivity contribution in [2.75, 3.05) is 7.11 Å². The van der Waals surface area contributed by atoms with Crippen LogP contribution in [0.25, 0.3) is 0 Å². The lowest BCUT2D eigenvalue weighted by Crippen LogP contribution is -2.13. The van der Waals surface area contributed by atoms with E-state index in [1.54, 1.807) is 33.1 Å². The zero-order valence-corrected chi connectivity index (χ0v) is 11.1. The van der Waals surface area contributed by atoms with Crippen LogP contribution >= 0.6 is 0 Å². The summed E-state index contributed by atoms with van der Waals surface area (Å²) < 4.78 is 30.8. The Labute approximate surface area is 105 Å². The monoisotopic (exact) mass is 267 g/mol. The third-order valence-corrected chi connectivity index (χ3v) is 4.38. The summed E-state index contributed by atoms with van der Waals surface area (Å²) in [6.45, 7) is 3.52. The van der Waals surface area contributed by atoms with Gasteiger partial charge in [-0.15, -0.1) is 10.2 Å². The first-order valence-electron chi connectivity index (χ1n) is 5.22. The van der Waals surface area contributed by atoms with Crippen molar-refractivity contribution in [3.05, 3.63) is 35.9 Å². The highest BCUT2D eigenvalue weighted by Crippen LogP contribution is 2.26. The fraction of sp³-hybridized carbons (Fsp3) is 0.273. The number of benzene rings is 1. The number of nitrogens with zero attached hydrogens (tertiary/aromatic N) is 3. The van der Waals surface area contributed by atoms with Gasteiger partial charge in [0, 0.05) is 0 Å². The summed E-state index contributed by atoms with van der Waals surface area (Å²) in [7, 11) is -2.09. The highest BCUT2D eigenvalue weighted by atomic mass is 32.2. The fourth-order valence-corrected chi connectivity index (χ4v) is 3.04. The highest BCUT2D eigenvalue weighted by molar-refractivity contribution is 7.90. The molecule has 1 heterocycles. The van der Waals surface area contributed by atoms with E-state index in [-0.39, 0.29) is 4.90 Å². The summed E-state index contributed by atoms with van der Waals surface area (Å²) in [5.74, 6) is 0.662. The van der Waals surface area contributed by atoms with Crippen LogP contribution in [0, 0.1) is 13.8 Å². The Morgan fingerprint density at radius 1 is 1.11 bits per heavy atom. The van der Waals surface area contributed by atoms with E-state index in [1.807, 2.05) is 0 Å². The molecule has 0 bridgehead atoms. The van der Waals surface area contributed by atoms with Crippen molar-refractivity contribution < 1.29 is 13.2 Å². The van der Waals surface area contributed by atoms with Crippen LogP contribution in [-0.2, 0) is 10.0 Å². The normalized spacial score (nSPS) is 11.5. The quantitative estimate of drug-likeness (QED) is 0.833. The molecule has 0 amide bonds. The Kier molecular flexibility index (Phi) is 3.08. The zero-order valence-electron chi connectivity index (χ0n) is 10.3. The van der Waals surface area contributed by atoms with Crippen LogP contribution in [0.15, 0.2) is 29.7 Å². The minimum Gasteiger partial charge on any atom is -0.496 e. The summed E-state index contributed by atoms with van der Waals surface area (Å²) in [5.41, 5.74) is 1.38. The predicted octanol–water partition coefficient (Wildman–Crippen LogP) is 1.14. The Hall–Kier alpha value is -1.89. The Morgan fingerprint density at radius 3 is 2.28 bits per heavy atom. The number of hydrogen-bond acceptors (Lipinski definition) is 5. The molecule has 0 aliphatic heterocycles. The second-order valence-corrected chi connectivity index (χ2v) is 5.70. The van der Waals surface area contributed by atoms with Crippen molar-refractivity contribution in [2.45, 2.75) is 18.7 Å². The van der Waals surface area contributed by atoms with Gasteiger partial charge < -0.3 is 4.74 Å². The number of methoxy groups -OCH3 is 1. The molecule has 18 heavy (non-hydrogen) atoms. The van der Waals surface area contributed by atoms with Crippen molar-refractivity contribution in [3.63, 3.8) is 0 Å². The van der Waals surface area contributed by atoms with Gasteiger partial charge >= 0.3 is 0 Å².